The van der Waals surface area contributed by atoms with Gasteiger partial charge in [-0.25, -0.2) is 0 Å². The zero-order valence-corrected chi connectivity index (χ0v) is 12.2. The maximum absolute atomic E-state index is 9.70. The van der Waals surface area contributed by atoms with Gasteiger partial charge in [0.05, 0.1) is 0 Å². The third-order valence-corrected chi connectivity index (χ3v) is 4.24. The second-order valence-electron chi connectivity index (χ2n) is 5.84. The molecule has 19 heavy (non-hydrogen) atoms. The molecule has 2 N–H and O–H groups in total. The van der Waals surface area contributed by atoms with Crippen molar-refractivity contribution >= 4 is 0 Å². The molecule has 106 valence electrons. The Balaban J connectivity index is 2.42. The van der Waals surface area contributed by atoms with Gasteiger partial charge in [-0.3, -0.25) is 4.90 Å². The molecule has 0 saturated carbocycles. The molecule has 1 aliphatic heterocycles. The van der Waals surface area contributed by atoms with Crippen LogP contribution in [0.15, 0.2) is 12.1 Å². The zero-order chi connectivity index (χ0) is 14.0. The van der Waals surface area contributed by atoms with Crippen molar-refractivity contribution in [2.45, 2.75) is 39.7 Å². The summed E-state index contributed by atoms with van der Waals surface area (Å²) in [4.78, 5) is 2.48. The highest BCUT2D eigenvalue weighted by Crippen LogP contribution is 2.36. The molecule has 0 amide bonds. The van der Waals surface area contributed by atoms with E-state index in [9.17, 15) is 10.2 Å². The summed E-state index contributed by atoms with van der Waals surface area (Å²) in [6.07, 6.45) is 2.48. The first-order valence-electron chi connectivity index (χ1n) is 7.19. The van der Waals surface area contributed by atoms with Crippen LogP contribution in [0.2, 0.25) is 0 Å². The van der Waals surface area contributed by atoms with Crippen molar-refractivity contribution in [3.8, 4) is 5.75 Å². The van der Waals surface area contributed by atoms with E-state index in [4.69, 9.17) is 0 Å². The quantitative estimate of drug-likeness (QED) is 0.878. The van der Waals surface area contributed by atoms with E-state index in [0.29, 0.717) is 5.75 Å². The van der Waals surface area contributed by atoms with E-state index in [1.165, 1.54) is 18.4 Å². The van der Waals surface area contributed by atoms with E-state index >= 15 is 0 Å². The van der Waals surface area contributed by atoms with Crippen LogP contribution < -0.4 is 0 Å². The van der Waals surface area contributed by atoms with Gasteiger partial charge in [0.15, 0.2) is 0 Å². The van der Waals surface area contributed by atoms with Gasteiger partial charge in [0.25, 0.3) is 0 Å². The Kier molecular flexibility index (Phi) is 4.48. The Bertz CT molecular complexity index is 415. The molecule has 1 fully saturated rings. The summed E-state index contributed by atoms with van der Waals surface area (Å²) in [6, 6.07) is 3.92. The van der Waals surface area contributed by atoms with Crippen molar-refractivity contribution in [1.29, 1.82) is 0 Å². The molecule has 0 bridgehead atoms. The molecule has 0 spiro atoms. The minimum absolute atomic E-state index is 0.195. The predicted molar refractivity (Wildman–Crippen MR) is 77.4 cm³/mol. The van der Waals surface area contributed by atoms with Crippen LogP contribution in [0.4, 0.5) is 0 Å². The average Bonchev–Trinajstić information content (AvgIpc) is 2.86. The van der Waals surface area contributed by atoms with E-state index in [1.807, 2.05) is 12.1 Å². The third kappa shape index (κ3) is 2.93. The Morgan fingerprint density at radius 1 is 1.16 bits per heavy atom. The molecule has 2 rings (SSSR count). The second-order valence-corrected chi connectivity index (χ2v) is 5.84. The fraction of sp³-hybridized carbons (Fsp3) is 0.625. The van der Waals surface area contributed by atoms with Crippen LogP contribution in [0.25, 0.3) is 0 Å². The Morgan fingerprint density at radius 3 is 2.16 bits per heavy atom. The average molecular weight is 263 g/mol. The normalized spacial score (nSPS) is 19.6. The standard InChI is InChI=1S/C16H25NO2/c1-11-8-14(19)9-12(2)15(11)16(13(3)10-18)17-6-4-5-7-17/h8-9,13,16,18-19H,4-7,10H2,1-3H3. The summed E-state index contributed by atoms with van der Waals surface area (Å²) in [5.41, 5.74) is 3.52. The highest BCUT2D eigenvalue weighted by atomic mass is 16.3. The molecule has 1 aromatic rings. The van der Waals surface area contributed by atoms with Crippen molar-refractivity contribution in [3.05, 3.63) is 28.8 Å². The first-order chi connectivity index (χ1) is 9.04. The number of aromatic hydroxyl groups is 1. The number of benzene rings is 1. The van der Waals surface area contributed by atoms with E-state index < -0.39 is 0 Å². The lowest BCUT2D eigenvalue weighted by Crippen LogP contribution is -2.33. The monoisotopic (exact) mass is 263 g/mol. The fourth-order valence-corrected chi connectivity index (χ4v) is 3.36. The number of hydrogen-bond donors (Lipinski definition) is 2. The smallest absolute Gasteiger partial charge is 0.116 e. The highest BCUT2D eigenvalue weighted by molar-refractivity contribution is 5.42. The first-order valence-corrected chi connectivity index (χ1v) is 7.19. The molecule has 1 heterocycles. The van der Waals surface area contributed by atoms with Gasteiger partial charge in [0.1, 0.15) is 5.75 Å². The van der Waals surface area contributed by atoms with Crippen molar-refractivity contribution in [1.82, 2.24) is 4.90 Å². The van der Waals surface area contributed by atoms with Crippen LogP contribution in [0.1, 0.15) is 42.5 Å². The number of aliphatic hydroxyl groups excluding tert-OH is 1. The number of hydrogen-bond acceptors (Lipinski definition) is 3. The van der Waals surface area contributed by atoms with Crippen LogP contribution in [0.3, 0.4) is 0 Å². The third-order valence-electron chi connectivity index (χ3n) is 4.24. The van der Waals surface area contributed by atoms with E-state index in [1.54, 1.807) is 0 Å². The predicted octanol–water partition coefficient (Wildman–Crippen LogP) is 2.77. The van der Waals surface area contributed by atoms with Crippen molar-refractivity contribution < 1.29 is 10.2 Å². The minimum atomic E-state index is 0.195. The Morgan fingerprint density at radius 2 is 1.68 bits per heavy atom. The summed E-state index contributed by atoms with van der Waals surface area (Å²) in [5.74, 6) is 0.538. The molecule has 0 aliphatic carbocycles. The fourth-order valence-electron chi connectivity index (χ4n) is 3.36. The van der Waals surface area contributed by atoms with Crippen molar-refractivity contribution in [3.63, 3.8) is 0 Å². The highest BCUT2D eigenvalue weighted by Gasteiger charge is 2.30. The number of phenols is 1. The SMILES string of the molecule is Cc1cc(O)cc(C)c1C(C(C)CO)N1CCCC1. The lowest BCUT2D eigenvalue weighted by Gasteiger charge is -2.34. The minimum Gasteiger partial charge on any atom is -0.508 e. The number of aryl methyl sites for hydroxylation is 2. The number of likely N-dealkylation sites (tertiary alicyclic amines) is 1. The summed E-state index contributed by atoms with van der Waals surface area (Å²) < 4.78 is 0. The van der Waals surface area contributed by atoms with Gasteiger partial charge in [-0.1, -0.05) is 6.92 Å². The van der Waals surface area contributed by atoms with Crippen LogP contribution in [0.5, 0.6) is 5.75 Å². The summed E-state index contributed by atoms with van der Waals surface area (Å²) in [6.45, 7) is 8.61. The van der Waals surface area contributed by atoms with Gasteiger partial charge in [0, 0.05) is 12.6 Å². The number of rotatable bonds is 4. The molecule has 1 saturated heterocycles. The van der Waals surface area contributed by atoms with E-state index in [2.05, 4.69) is 25.7 Å². The molecule has 2 atom stereocenters. The van der Waals surface area contributed by atoms with Crippen LogP contribution in [-0.4, -0.2) is 34.8 Å². The molecular weight excluding hydrogens is 238 g/mol. The van der Waals surface area contributed by atoms with E-state index in [0.717, 1.165) is 24.2 Å². The lowest BCUT2D eigenvalue weighted by atomic mass is 9.87. The number of nitrogens with zero attached hydrogens (tertiary/aromatic N) is 1. The lowest BCUT2D eigenvalue weighted by molar-refractivity contribution is 0.125. The molecule has 2 unspecified atom stereocenters. The topological polar surface area (TPSA) is 43.7 Å². The largest absolute Gasteiger partial charge is 0.508 e. The first kappa shape index (κ1) is 14.4. The van der Waals surface area contributed by atoms with Crippen LogP contribution >= 0.6 is 0 Å². The molecule has 1 aromatic carbocycles. The molecule has 0 radical (unpaired) electrons. The Hall–Kier alpha value is -1.06. The van der Waals surface area contributed by atoms with Gasteiger partial charge in [-0.15, -0.1) is 0 Å². The van der Waals surface area contributed by atoms with Gasteiger partial charge in [-0.05, 0) is 74.5 Å². The van der Waals surface area contributed by atoms with E-state index in [-0.39, 0.29) is 18.6 Å². The van der Waals surface area contributed by atoms with Crippen LogP contribution in [0, 0.1) is 19.8 Å². The second kappa shape index (κ2) is 5.93. The van der Waals surface area contributed by atoms with Crippen molar-refractivity contribution in [2.75, 3.05) is 19.7 Å². The molecule has 3 nitrogen and oxygen atoms in total. The van der Waals surface area contributed by atoms with Gasteiger partial charge >= 0.3 is 0 Å². The summed E-state index contributed by atoms with van der Waals surface area (Å²) in [5, 5.41) is 19.3. The number of phenolic OH excluding ortho intramolecular Hbond substituents is 1. The van der Waals surface area contributed by atoms with Gasteiger partial charge in [0.2, 0.25) is 0 Å². The maximum Gasteiger partial charge on any atom is 0.116 e. The molecular formula is C16H25NO2. The Labute approximate surface area is 115 Å². The molecule has 1 aliphatic rings. The number of aliphatic hydroxyl groups is 1. The van der Waals surface area contributed by atoms with Gasteiger partial charge < -0.3 is 10.2 Å². The van der Waals surface area contributed by atoms with Gasteiger partial charge in [-0.2, -0.15) is 0 Å². The molecule has 0 aromatic heterocycles. The van der Waals surface area contributed by atoms with Crippen molar-refractivity contribution in [2.24, 2.45) is 5.92 Å². The summed E-state index contributed by atoms with van der Waals surface area (Å²) in [7, 11) is 0. The van der Waals surface area contributed by atoms with Crippen LogP contribution in [-0.2, 0) is 0 Å². The zero-order valence-electron chi connectivity index (χ0n) is 12.2. The molecule has 3 heteroatoms. The summed E-state index contributed by atoms with van der Waals surface area (Å²) >= 11 is 0. The maximum atomic E-state index is 9.70.